The molecule has 0 aliphatic rings. The number of rotatable bonds is 4. The largest absolute Gasteiger partial charge is 0.359 e. The molecule has 0 saturated carbocycles. The van der Waals surface area contributed by atoms with Gasteiger partial charge in [-0.05, 0) is 13.8 Å². The molecule has 0 N–H and O–H groups in total. The number of hydrogen-bond donors (Lipinski definition) is 0. The van der Waals surface area contributed by atoms with Crippen molar-refractivity contribution in [2.75, 3.05) is 6.61 Å². The normalized spacial score (nSPS) is 12.4. The van der Waals surface area contributed by atoms with Gasteiger partial charge in [-0.1, -0.05) is 0 Å². The molecule has 0 aromatic carbocycles. The van der Waals surface area contributed by atoms with Gasteiger partial charge < -0.3 is 9.30 Å². The maximum absolute atomic E-state index is 8.44. The second-order valence-corrected chi connectivity index (χ2v) is 2.70. The standard InChI is InChI=1S/C9H13N3O/c1-3-13-8(2)12-6-9(4-5-10)11-7-12/h6-8H,3-4H2,1-2H3. The number of imidazole rings is 1. The number of aromatic nitrogens is 2. The summed E-state index contributed by atoms with van der Waals surface area (Å²) >= 11 is 0. The highest BCUT2D eigenvalue weighted by Gasteiger charge is 2.04. The lowest BCUT2D eigenvalue weighted by atomic mass is 10.4. The quantitative estimate of drug-likeness (QED) is 0.703. The maximum Gasteiger partial charge on any atom is 0.131 e. The third-order valence-corrected chi connectivity index (χ3v) is 1.74. The molecule has 1 aromatic rings. The van der Waals surface area contributed by atoms with Crippen LogP contribution in [0.25, 0.3) is 0 Å². The molecule has 1 aromatic heterocycles. The molecule has 0 saturated heterocycles. The van der Waals surface area contributed by atoms with Crippen LogP contribution < -0.4 is 0 Å². The Balaban J connectivity index is 2.63. The van der Waals surface area contributed by atoms with Crippen molar-refractivity contribution in [2.45, 2.75) is 26.5 Å². The number of nitrogens with zero attached hydrogens (tertiary/aromatic N) is 3. The van der Waals surface area contributed by atoms with Crippen molar-refractivity contribution in [3.8, 4) is 6.07 Å². The fourth-order valence-electron chi connectivity index (χ4n) is 1.08. The molecule has 0 radical (unpaired) electrons. The summed E-state index contributed by atoms with van der Waals surface area (Å²) in [5.41, 5.74) is 0.786. The molecule has 1 rings (SSSR count). The van der Waals surface area contributed by atoms with Crippen molar-refractivity contribution in [2.24, 2.45) is 0 Å². The Hall–Kier alpha value is -1.34. The van der Waals surface area contributed by atoms with E-state index < -0.39 is 0 Å². The van der Waals surface area contributed by atoms with Gasteiger partial charge in [-0.15, -0.1) is 0 Å². The van der Waals surface area contributed by atoms with Crippen molar-refractivity contribution < 1.29 is 4.74 Å². The van der Waals surface area contributed by atoms with Gasteiger partial charge in [-0.25, -0.2) is 4.98 Å². The van der Waals surface area contributed by atoms with Gasteiger partial charge in [0, 0.05) is 12.8 Å². The van der Waals surface area contributed by atoms with Crippen LogP contribution in [-0.2, 0) is 11.2 Å². The second kappa shape index (κ2) is 4.63. The summed E-state index contributed by atoms with van der Waals surface area (Å²) in [6, 6.07) is 2.05. The fourth-order valence-corrected chi connectivity index (χ4v) is 1.08. The van der Waals surface area contributed by atoms with E-state index in [4.69, 9.17) is 10.00 Å². The first-order valence-corrected chi connectivity index (χ1v) is 4.28. The van der Waals surface area contributed by atoms with Crippen molar-refractivity contribution >= 4 is 0 Å². The SMILES string of the molecule is CCOC(C)n1cnc(CC#N)c1. The van der Waals surface area contributed by atoms with E-state index >= 15 is 0 Å². The minimum atomic E-state index is -0.00931. The van der Waals surface area contributed by atoms with Crippen LogP contribution in [0.2, 0.25) is 0 Å². The van der Waals surface area contributed by atoms with Gasteiger partial charge in [0.25, 0.3) is 0 Å². The molecule has 0 spiro atoms. The molecule has 4 heteroatoms. The van der Waals surface area contributed by atoms with Crippen molar-refractivity contribution in [3.05, 3.63) is 18.2 Å². The first-order chi connectivity index (χ1) is 6.27. The van der Waals surface area contributed by atoms with Crippen molar-refractivity contribution in [1.82, 2.24) is 9.55 Å². The molecule has 1 unspecified atom stereocenters. The van der Waals surface area contributed by atoms with Gasteiger partial charge >= 0.3 is 0 Å². The van der Waals surface area contributed by atoms with E-state index in [0.717, 1.165) is 5.69 Å². The first kappa shape index (κ1) is 9.75. The molecule has 13 heavy (non-hydrogen) atoms. The van der Waals surface area contributed by atoms with Crippen molar-refractivity contribution in [3.63, 3.8) is 0 Å². The molecule has 0 aliphatic heterocycles. The molecule has 1 heterocycles. The van der Waals surface area contributed by atoms with E-state index in [-0.39, 0.29) is 6.23 Å². The molecule has 0 aliphatic carbocycles. The van der Waals surface area contributed by atoms with Crippen LogP contribution in [-0.4, -0.2) is 16.2 Å². The van der Waals surface area contributed by atoms with Crippen molar-refractivity contribution in [1.29, 1.82) is 5.26 Å². The lowest BCUT2D eigenvalue weighted by molar-refractivity contribution is 0.0247. The zero-order valence-electron chi connectivity index (χ0n) is 7.90. The van der Waals surface area contributed by atoms with Crippen LogP contribution in [0, 0.1) is 11.3 Å². The van der Waals surface area contributed by atoms with Gasteiger partial charge in [0.15, 0.2) is 0 Å². The first-order valence-electron chi connectivity index (χ1n) is 4.28. The molecule has 70 valence electrons. The molecule has 0 amide bonds. The molecular formula is C9H13N3O. The minimum Gasteiger partial charge on any atom is -0.359 e. The number of hydrogen-bond acceptors (Lipinski definition) is 3. The van der Waals surface area contributed by atoms with E-state index in [2.05, 4.69) is 11.1 Å². The zero-order chi connectivity index (χ0) is 9.68. The Bertz CT molecular complexity index is 300. The maximum atomic E-state index is 8.44. The Morgan fingerprint density at radius 1 is 1.77 bits per heavy atom. The van der Waals surface area contributed by atoms with Crippen LogP contribution >= 0.6 is 0 Å². The summed E-state index contributed by atoms with van der Waals surface area (Å²) in [5, 5.41) is 8.44. The Labute approximate surface area is 77.8 Å². The second-order valence-electron chi connectivity index (χ2n) is 2.70. The Kier molecular flexibility index (Phi) is 3.47. The van der Waals surface area contributed by atoms with E-state index in [1.54, 1.807) is 6.33 Å². The van der Waals surface area contributed by atoms with Gasteiger partial charge in [0.05, 0.1) is 24.5 Å². The lowest BCUT2D eigenvalue weighted by Crippen LogP contribution is -2.06. The highest BCUT2D eigenvalue weighted by molar-refractivity contribution is 5.03. The summed E-state index contributed by atoms with van der Waals surface area (Å²) in [7, 11) is 0. The molecule has 0 fully saturated rings. The lowest BCUT2D eigenvalue weighted by Gasteiger charge is -2.11. The van der Waals surface area contributed by atoms with Crippen LogP contribution in [0.3, 0.4) is 0 Å². The summed E-state index contributed by atoms with van der Waals surface area (Å²) in [5.74, 6) is 0. The highest BCUT2D eigenvalue weighted by atomic mass is 16.5. The monoisotopic (exact) mass is 179 g/mol. The number of ether oxygens (including phenoxy) is 1. The summed E-state index contributed by atoms with van der Waals surface area (Å²) < 4.78 is 7.22. The topological polar surface area (TPSA) is 50.8 Å². The van der Waals surface area contributed by atoms with E-state index in [1.807, 2.05) is 24.6 Å². The van der Waals surface area contributed by atoms with Gasteiger partial charge in [0.2, 0.25) is 0 Å². The average Bonchev–Trinajstić information content (AvgIpc) is 2.54. The minimum absolute atomic E-state index is 0.00931. The molecule has 4 nitrogen and oxygen atoms in total. The summed E-state index contributed by atoms with van der Waals surface area (Å²) in [6.07, 6.45) is 3.87. The van der Waals surface area contributed by atoms with Gasteiger partial charge in [-0.3, -0.25) is 0 Å². The molecule has 1 atom stereocenters. The van der Waals surface area contributed by atoms with E-state index in [9.17, 15) is 0 Å². The zero-order valence-corrected chi connectivity index (χ0v) is 7.90. The highest BCUT2D eigenvalue weighted by Crippen LogP contribution is 2.08. The van der Waals surface area contributed by atoms with Gasteiger partial charge in [0.1, 0.15) is 6.23 Å². The van der Waals surface area contributed by atoms with Gasteiger partial charge in [-0.2, -0.15) is 5.26 Å². The molecule has 0 bridgehead atoms. The summed E-state index contributed by atoms with van der Waals surface area (Å²) in [6.45, 7) is 4.57. The predicted octanol–water partition coefficient (Wildman–Crippen LogP) is 1.50. The Morgan fingerprint density at radius 3 is 3.15 bits per heavy atom. The van der Waals surface area contributed by atoms with E-state index in [0.29, 0.717) is 13.0 Å². The Morgan fingerprint density at radius 2 is 2.54 bits per heavy atom. The predicted molar refractivity (Wildman–Crippen MR) is 47.9 cm³/mol. The van der Waals surface area contributed by atoms with Crippen LogP contribution in [0.4, 0.5) is 0 Å². The third-order valence-electron chi connectivity index (χ3n) is 1.74. The van der Waals surface area contributed by atoms with Crippen LogP contribution in [0.1, 0.15) is 25.8 Å². The fraction of sp³-hybridized carbons (Fsp3) is 0.556. The smallest absolute Gasteiger partial charge is 0.131 e. The third kappa shape index (κ3) is 2.56. The number of nitriles is 1. The summed E-state index contributed by atoms with van der Waals surface area (Å²) in [4.78, 5) is 4.07. The van der Waals surface area contributed by atoms with Crippen LogP contribution in [0.15, 0.2) is 12.5 Å². The van der Waals surface area contributed by atoms with Crippen LogP contribution in [0.5, 0.6) is 0 Å². The van der Waals surface area contributed by atoms with E-state index in [1.165, 1.54) is 0 Å². The molecular weight excluding hydrogens is 166 g/mol. The average molecular weight is 179 g/mol.